The Morgan fingerprint density at radius 1 is 0.800 bits per heavy atom. The minimum atomic E-state index is -4.47. The lowest BCUT2D eigenvalue weighted by atomic mass is 9.99. The van der Waals surface area contributed by atoms with E-state index in [1.165, 1.54) is 23.5 Å². The van der Waals surface area contributed by atoms with Gasteiger partial charge in [0.15, 0.2) is 0 Å². The molecule has 0 N–H and O–H groups in total. The Labute approximate surface area is 201 Å². The van der Waals surface area contributed by atoms with Gasteiger partial charge in [0.25, 0.3) is 0 Å². The van der Waals surface area contributed by atoms with Crippen LogP contribution in [0.3, 0.4) is 0 Å². The number of alkyl halides is 3. The predicted octanol–water partition coefficient (Wildman–Crippen LogP) is 5.21. The maximum atomic E-state index is 13.5. The molecular formula is C27H24F3N5. The summed E-state index contributed by atoms with van der Waals surface area (Å²) in [5.41, 5.74) is 6.46. The molecule has 0 aliphatic carbocycles. The number of piperazine rings is 1. The fourth-order valence-corrected chi connectivity index (χ4v) is 5.00. The van der Waals surface area contributed by atoms with Crippen molar-refractivity contribution in [2.24, 2.45) is 9.98 Å². The van der Waals surface area contributed by atoms with E-state index in [2.05, 4.69) is 45.0 Å². The molecular weight excluding hydrogens is 451 g/mol. The molecule has 1 aromatic heterocycles. The van der Waals surface area contributed by atoms with E-state index in [1.54, 1.807) is 0 Å². The number of benzene rings is 2. The van der Waals surface area contributed by atoms with E-state index in [1.807, 2.05) is 18.2 Å². The predicted molar refractivity (Wildman–Crippen MR) is 132 cm³/mol. The van der Waals surface area contributed by atoms with Gasteiger partial charge in [0.05, 0.1) is 34.1 Å². The van der Waals surface area contributed by atoms with Gasteiger partial charge in [0.2, 0.25) is 0 Å². The van der Waals surface area contributed by atoms with E-state index in [9.17, 15) is 13.2 Å². The summed E-state index contributed by atoms with van der Waals surface area (Å²) in [5.74, 6) is 0. The average Bonchev–Trinajstić information content (AvgIpc) is 3.47. The first-order chi connectivity index (χ1) is 16.8. The van der Waals surface area contributed by atoms with Crippen molar-refractivity contribution in [1.29, 1.82) is 0 Å². The molecule has 35 heavy (non-hydrogen) atoms. The number of pyridine rings is 1. The van der Waals surface area contributed by atoms with Gasteiger partial charge in [-0.15, -0.1) is 0 Å². The summed E-state index contributed by atoms with van der Waals surface area (Å²) in [4.78, 5) is 18.1. The van der Waals surface area contributed by atoms with Crippen LogP contribution in [0, 0.1) is 0 Å². The lowest BCUT2D eigenvalue weighted by Crippen LogP contribution is -2.44. The van der Waals surface area contributed by atoms with Crippen molar-refractivity contribution < 1.29 is 13.2 Å². The normalized spacial score (nSPS) is 17.8. The van der Waals surface area contributed by atoms with Crippen LogP contribution in [0.1, 0.15) is 27.9 Å². The topological polar surface area (TPSA) is 44.1 Å². The molecule has 0 spiro atoms. The molecule has 0 amide bonds. The number of nitrogens with zero attached hydrogens (tertiary/aromatic N) is 5. The van der Waals surface area contributed by atoms with Gasteiger partial charge >= 0.3 is 6.18 Å². The van der Waals surface area contributed by atoms with Crippen molar-refractivity contribution in [3.63, 3.8) is 0 Å². The minimum absolute atomic E-state index is 0.0974. The first-order valence-corrected chi connectivity index (χ1v) is 11.7. The van der Waals surface area contributed by atoms with Crippen LogP contribution in [0.25, 0.3) is 0 Å². The van der Waals surface area contributed by atoms with Crippen molar-refractivity contribution in [2.45, 2.75) is 19.0 Å². The lowest BCUT2D eigenvalue weighted by Gasteiger charge is -2.34. The second-order valence-corrected chi connectivity index (χ2v) is 9.31. The minimum Gasteiger partial charge on any atom is -0.369 e. The number of aliphatic imine (C=N–C) groups is 2. The van der Waals surface area contributed by atoms with Gasteiger partial charge in [-0.1, -0.05) is 6.07 Å². The van der Waals surface area contributed by atoms with E-state index < -0.39 is 11.7 Å². The van der Waals surface area contributed by atoms with Gasteiger partial charge in [0, 0.05) is 50.9 Å². The summed E-state index contributed by atoms with van der Waals surface area (Å²) in [6, 6.07) is 14.7. The molecule has 5 nitrogen and oxygen atoms in total. The molecule has 2 aromatic carbocycles. The maximum Gasteiger partial charge on any atom is 0.418 e. The molecule has 0 unspecified atom stereocenters. The second-order valence-electron chi connectivity index (χ2n) is 9.31. The van der Waals surface area contributed by atoms with E-state index in [0.29, 0.717) is 17.8 Å². The number of hydrogen-bond acceptors (Lipinski definition) is 5. The van der Waals surface area contributed by atoms with Crippen LogP contribution in [0.5, 0.6) is 0 Å². The molecule has 3 aromatic rings. The third kappa shape index (κ3) is 4.12. The zero-order valence-electron chi connectivity index (χ0n) is 19.3. The largest absolute Gasteiger partial charge is 0.418 e. The highest BCUT2D eigenvalue weighted by Gasteiger charge is 2.36. The number of rotatable bonds is 3. The first kappa shape index (κ1) is 22.0. The van der Waals surface area contributed by atoms with Gasteiger partial charge < -0.3 is 9.80 Å². The molecule has 0 atom stereocenters. The quantitative estimate of drug-likeness (QED) is 0.523. The van der Waals surface area contributed by atoms with Crippen LogP contribution in [0.2, 0.25) is 0 Å². The molecule has 1 saturated heterocycles. The highest BCUT2D eigenvalue weighted by atomic mass is 19.4. The zero-order valence-corrected chi connectivity index (χ0v) is 19.3. The molecule has 3 aliphatic heterocycles. The van der Waals surface area contributed by atoms with Crippen molar-refractivity contribution in [1.82, 2.24) is 9.88 Å². The number of likely N-dealkylation sites (N-methyl/N-ethyl adjacent to an activating group) is 1. The number of halogens is 3. The fraction of sp³-hybridized carbons (Fsp3) is 0.296. The summed E-state index contributed by atoms with van der Waals surface area (Å²) in [5, 5.41) is 0. The van der Waals surface area contributed by atoms with Gasteiger partial charge in [0.1, 0.15) is 0 Å². The van der Waals surface area contributed by atoms with Crippen molar-refractivity contribution in [2.75, 3.05) is 38.1 Å². The monoisotopic (exact) mass is 475 g/mol. The Kier molecular flexibility index (Phi) is 5.21. The molecule has 3 aliphatic rings. The van der Waals surface area contributed by atoms with E-state index in [4.69, 9.17) is 4.99 Å². The average molecular weight is 476 g/mol. The van der Waals surface area contributed by atoms with Gasteiger partial charge in [-0.3, -0.25) is 15.0 Å². The summed E-state index contributed by atoms with van der Waals surface area (Å²) in [6.07, 6.45) is -2.04. The van der Waals surface area contributed by atoms with Crippen LogP contribution in [0.15, 0.2) is 64.7 Å². The smallest absolute Gasteiger partial charge is 0.369 e. The number of hydrogen-bond donors (Lipinski definition) is 0. The number of fused-ring (bicyclic) bond motifs is 2. The van der Waals surface area contributed by atoms with Crippen LogP contribution >= 0.6 is 0 Å². The summed E-state index contributed by atoms with van der Waals surface area (Å²) < 4.78 is 40.4. The van der Waals surface area contributed by atoms with Crippen LogP contribution < -0.4 is 4.90 Å². The van der Waals surface area contributed by atoms with E-state index >= 15 is 0 Å². The summed E-state index contributed by atoms with van der Waals surface area (Å²) >= 11 is 0. The third-order valence-electron chi connectivity index (χ3n) is 6.96. The van der Waals surface area contributed by atoms with Crippen LogP contribution in [-0.2, 0) is 19.0 Å². The summed E-state index contributed by atoms with van der Waals surface area (Å²) in [7, 11) is 2.15. The Hall–Kier alpha value is -3.52. The Bertz CT molecular complexity index is 1370. The molecule has 4 heterocycles. The Balaban J connectivity index is 1.21. The lowest BCUT2D eigenvalue weighted by molar-refractivity contribution is -0.137. The summed E-state index contributed by atoms with van der Waals surface area (Å²) in [6.45, 7) is 4.15. The maximum absolute atomic E-state index is 13.5. The molecule has 1 fully saturated rings. The molecule has 8 heteroatoms. The Morgan fingerprint density at radius 3 is 2.26 bits per heavy atom. The van der Waals surface area contributed by atoms with Gasteiger partial charge in [-0.05, 0) is 66.2 Å². The number of aromatic nitrogens is 1. The second kappa shape index (κ2) is 8.30. The SMILES string of the molecule is CN1CCN(c2ccc3c(c2)CC(c2ccc4c(c2)CC(c2ncccc2C(F)(F)F)=N4)=N3)CC1. The van der Waals surface area contributed by atoms with E-state index in [0.717, 1.165) is 61.2 Å². The first-order valence-electron chi connectivity index (χ1n) is 11.7. The molecule has 0 bridgehead atoms. The molecule has 6 rings (SSSR count). The molecule has 178 valence electrons. The van der Waals surface area contributed by atoms with Gasteiger partial charge in [-0.25, -0.2) is 0 Å². The van der Waals surface area contributed by atoms with Crippen LogP contribution in [-0.4, -0.2) is 54.5 Å². The van der Waals surface area contributed by atoms with Crippen molar-refractivity contribution in [3.8, 4) is 0 Å². The highest BCUT2D eigenvalue weighted by Crippen LogP contribution is 2.37. The standard InChI is InChI=1S/C27H24F3N5/c1-34-9-11-35(12-10-34)20-5-7-23-19(14-20)15-24(32-23)17-4-6-22-18(13-17)16-25(33-22)26-21(27(28,29)30)3-2-8-31-26/h2-8,13-14H,9-12,15-16H2,1H3. The van der Waals surface area contributed by atoms with E-state index in [-0.39, 0.29) is 5.69 Å². The molecule has 0 saturated carbocycles. The Morgan fingerprint density at radius 2 is 1.49 bits per heavy atom. The third-order valence-corrected chi connectivity index (χ3v) is 6.96. The van der Waals surface area contributed by atoms with Crippen LogP contribution in [0.4, 0.5) is 30.2 Å². The van der Waals surface area contributed by atoms with Crippen molar-refractivity contribution >= 4 is 28.5 Å². The van der Waals surface area contributed by atoms with Crippen molar-refractivity contribution in [3.05, 3.63) is 82.7 Å². The molecule has 0 radical (unpaired) electrons. The number of anilines is 1. The highest BCUT2D eigenvalue weighted by molar-refractivity contribution is 6.09. The van der Waals surface area contributed by atoms with Gasteiger partial charge in [-0.2, -0.15) is 13.2 Å². The zero-order chi connectivity index (χ0) is 24.2. The fourth-order valence-electron chi connectivity index (χ4n) is 5.00.